The lowest BCUT2D eigenvalue weighted by Crippen LogP contribution is -2.54. The standard InChI is InChI=1S/C47H82O2/c1-8-10-11-12-13-14-15-16-17-18-19-20-21-22-23-24-45(48)49-40-31-33-46(6)39(35-40)27-28-41-43-30-29-42(47(43,7)34-32-44(41)46)37(5)25-26-38(9-2)36(3)4/h21-24,36-44H,8-20,25-35H2,1-7H3/t37-,38-,39?,40?,41+,42-,43+,44+,46+,47-/m1/s1. The molecule has 2 unspecified atom stereocenters. The molecule has 0 amide bonds. The first kappa shape index (κ1) is 40.7. The molecule has 0 radical (unpaired) electrons. The lowest BCUT2D eigenvalue weighted by Gasteiger charge is -2.61. The van der Waals surface area contributed by atoms with Crippen LogP contribution in [-0.2, 0) is 9.53 Å². The summed E-state index contributed by atoms with van der Waals surface area (Å²) in [4.78, 5) is 12.8. The van der Waals surface area contributed by atoms with Crippen molar-refractivity contribution in [2.24, 2.45) is 58.2 Å². The molecule has 0 saturated heterocycles. The predicted octanol–water partition coefficient (Wildman–Crippen LogP) is 14.5. The molecular weight excluding hydrogens is 597 g/mol. The molecule has 0 aromatic rings. The summed E-state index contributed by atoms with van der Waals surface area (Å²) >= 11 is 0. The quantitative estimate of drug-likeness (QED) is 0.0523. The third kappa shape index (κ3) is 11.0. The highest BCUT2D eigenvalue weighted by molar-refractivity contribution is 5.82. The number of carbonyl (C=O) groups is 1. The molecule has 0 aromatic carbocycles. The van der Waals surface area contributed by atoms with E-state index in [0.717, 1.165) is 66.6 Å². The van der Waals surface area contributed by atoms with Gasteiger partial charge in [-0.3, -0.25) is 0 Å². The maximum absolute atomic E-state index is 12.8. The third-order valence-electron chi connectivity index (χ3n) is 15.6. The lowest BCUT2D eigenvalue weighted by atomic mass is 9.44. The summed E-state index contributed by atoms with van der Waals surface area (Å²) in [6.07, 6.45) is 40.5. The Morgan fingerprint density at radius 2 is 1.39 bits per heavy atom. The Morgan fingerprint density at radius 3 is 2.06 bits per heavy atom. The van der Waals surface area contributed by atoms with Crippen LogP contribution < -0.4 is 0 Å². The lowest BCUT2D eigenvalue weighted by molar-refractivity contribution is -0.158. The second-order valence-electron chi connectivity index (χ2n) is 18.8. The molecular formula is C47H82O2. The highest BCUT2D eigenvalue weighted by Gasteiger charge is 2.60. The van der Waals surface area contributed by atoms with Crippen LogP contribution in [0.4, 0.5) is 0 Å². The fourth-order valence-electron chi connectivity index (χ4n) is 12.4. The van der Waals surface area contributed by atoms with Gasteiger partial charge in [-0.25, -0.2) is 4.79 Å². The van der Waals surface area contributed by atoms with Gasteiger partial charge in [0.05, 0.1) is 0 Å². The van der Waals surface area contributed by atoms with Gasteiger partial charge in [0.2, 0.25) is 0 Å². The van der Waals surface area contributed by atoms with Crippen molar-refractivity contribution in [2.45, 2.75) is 209 Å². The number of esters is 1. The molecule has 10 atom stereocenters. The van der Waals surface area contributed by atoms with Crippen LogP contribution in [0.1, 0.15) is 203 Å². The van der Waals surface area contributed by atoms with Gasteiger partial charge in [-0.15, -0.1) is 0 Å². The van der Waals surface area contributed by atoms with E-state index in [2.05, 4.69) is 60.6 Å². The molecule has 282 valence electrons. The van der Waals surface area contributed by atoms with Gasteiger partial charge < -0.3 is 4.74 Å². The molecule has 0 heterocycles. The van der Waals surface area contributed by atoms with Gasteiger partial charge in [0.1, 0.15) is 6.10 Å². The highest BCUT2D eigenvalue weighted by Crippen LogP contribution is 2.68. The van der Waals surface area contributed by atoms with Crippen molar-refractivity contribution in [3.05, 3.63) is 24.3 Å². The molecule has 4 fully saturated rings. The van der Waals surface area contributed by atoms with Crippen LogP contribution in [0.5, 0.6) is 0 Å². The van der Waals surface area contributed by atoms with E-state index in [0.29, 0.717) is 10.8 Å². The minimum absolute atomic E-state index is 0.107. The van der Waals surface area contributed by atoms with E-state index < -0.39 is 0 Å². The number of ether oxygens (including phenoxy) is 1. The van der Waals surface area contributed by atoms with E-state index >= 15 is 0 Å². The number of rotatable bonds is 21. The van der Waals surface area contributed by atoms with Gasteiger partial charge in [0.25, 0.3) is 0 Å². The molecule has 0 bridgehead atoms. The summed E-state index contributed by atoms with van der Waals surface area (Å²) in [5.74, 6) is 6.84. The topological polar surface area (TPSA) is 26.3 Å². The van der Waals surface area contributed by atoms with Crippen molar-refractivity contribution in [1.29, 1.82) is 0 Å². The molecule has 0 aromatic heterocycles. The number of hydrogen-bond acceptors (Lipinski definition) is 2. The molecule has 4 rings (SSSR count). The van der Waals surface area contributed by atoms with Gasteiger partial charge >= 0.3 is 5.97 Å². The van der Waals surface area contributed by atoms with E-state index in [1.54, 1.807) is 6.08 Å². The highest BCUT2D eigenvalue weighted by atomic mass is 16.5. The zero-order valence-corrected chi connectivity index (χ0v) is 33.8. The first-order chi connectivity index (χ1) is 23.6. The molecule has 0 N–H and O–H groups in total. The van der Waals surface area contributed by atoms with Crippen LogP contribution in [0, 0.1) is 58.2 Å². The summed E-state index contributed by atoms with van der Waals surface area (Å²) in [6.45, 7) is 17.5. The molecule has 4 saturated carbocycles. The average molecular weight is 679 g/mol. The number of unbranched alkanes of at least 4 members (excludes halogenated alkanes) is 11. The zero-order valence-electron chi connectivity index (χ0n) is 33.8. The number of hydrogen-bond donors (Lipinski definition) is 0. The normalized spacial score (nSPS) is 34.2. The van der Waals surface area contributed by atoms with Crippen molar-refractivity contribution < 1.29 is 9.53 Å². The maximum atomic E-state index is 12.8. The Balaban J connectivity index is 1.14. The van der Waals surface area contributed by atoms with Crippen LogP contribution in [0.15, 0.2) is 24.3 Å². The number of carbonyl (C=O) groups excluding carboxylic acids is 1. The third-order valence-corrected chi connectivity index (χ3v) is 15.6. The Kier molecular flexibility index (Phi) is 16.8. The van der Waals surface area contributed by atoms with Crippen molar-refractivity contribution in [1.82, 2.24) is 0 Å². The van der Waals surface area contributed by atoms with Gasteiger partial charge in [0.15, 0.2) is 0 Å². The average Bonchev–Trinajstić information content (AvgIpc) is 3.44. The second kappa shape index (κ2) is 20.3. The Labute approximate surface area is 305 Å². The molecule has 4 aliphatic rings. The summed E-state index contributed by atoms with van der Waals surface area (Å²) in [7, 11) is 0. The van der Waals surface area contributed by atoms with Crippen LogP contribution in [0.25, 0.3) is 0 Å². The van der Waals surface area contributed by atoms with Crippen molar-refractivity contribution in [3.8, 4) is 0 Å². The van der Waals surface area contributed by atoms with Gasteiger partial charge in [-0.2, -0.15) is 0 Å². The molecule has 4 aliphatic carbocycles. The SMILES string of the molecule is CCCCCCCCCCCCCC=CC=CC(=O)OC1CC[C@@]2(C)C(CC[C@H]3[C@@H]4CC[C@H]([C@H](C)CC[C@@H](CC)C(C)C)[C@@]4(C)CC[C@@H]32)C1. The van der Waals surface area contributed by atoms with Crippen LogP contribution >= 0.6 is 0 Å². The molecule has 2 nitrogen and oxygen atoms in total. The minimum Gasteiger partial charge on any atom is -0.459 e. The van der Waals surface area contributed by atoms with E-state index in [-0.39, 0.29) is 12.1 Å². The van der Waals surface area contributed by atoms with Gasteiger partial charge in [-0.05, 0) is 135 Å². The number of fused-ring (bicyclic) bond motifs is 5. The van der Waals surface area contributed by atoms with Crippen molar-refractivity contribution in [3.63, 3.8) is 0 Å². The van der Waals surface area contributed by atoms with E-state index in [1.165, 1.54) is 135 Å². The van der Waals surface area contributed by atoms with Crippen LogP contribution in [0.2, 0.25) is 0 Å². The minimum atomic E-state index is -0.139. The number of allylic oxidation sites excluding steroid dienone is 3. The van der Waals surface area contributed by atoms with E-state index in [9.17, 15) is 4.79 Å². The summed E-state index contributed by atoms with van der Waals surface area (Å²) in [5, 5.41) is 0. The molecule has 49 heavy (non-hydrogen) atoms. The maximum Gasteiger partial charge on any atom is 0.331 e. The van der Waals surface area contributed by atoms with Gasteiger partial charge in [-0.1, -0.05) is 144 Å². The first-order valence-corrected chi connectivity index (χ1v) is 22.2. The predicted molar refractivity (Wildman–Crippen MR) is 211 cm³/mol. The van der Waals surface area contributed by atoms with Gasteiger partial charge in [0, 0.05) is 6.08 Å². The largest absolute Gasteiger partial charge is 0.459 e. The van der Waals surface area contributed by atoms with Crippen LogP contribution in [-0.4, -0.2) is 12.1 Å². The van der Waals surface area contributed by atoms with Crippen molar-refractivity contribution in [2.75, 3.05) is 0 Å². The fourth-order valence-corrected chi connectivity index (χ4v) is 12.4. The zero-order chi connectivity index (χ0) is 35.3. The fraction of sp³-hybridized carbons (Fsp3) is 0.894. The monoisotopic (exact) mass is 679 g/mol. The van der Waals surface area contributed by atoms with Crippen molar-refractivity contribution >= 4 is 5.97 Å². The van der Waals surface area contributed by atoms with E-state index in [1.807, 2.05) is 6.08 Å². The molecule has 2 heteroatoms. The smallest absolute Gasteiger partial charge is 0.331 e. The molecule has 0 aliphatic heterocycles. The summed E-state index contributed by atoms with van der Waals surface area (Å²) in [6, 6.07) is 0. The Morgan fingerprint density at radius 1 is 0.735 bits per heavy atom. The second-order valence-corrected chi connectivity index (χ2v) is 18.8. The summed E-state index contributed by atoms with van der Waals surface area (Å²) < 4.78 is 6.07. The Bertz CT molecular complexity index is 1010. The van der Waals surface area contributed by atoms with E-state index in [4.69, 9.17) is 4.74 Å². The first-order valence-electron chi connectivity index (χ1n) is 22.2. The summed E-state index contributed by atoms with van der Waals surface area (Å²) in [5.41, 5.74) is 0.999. The molecule has 0 spiro atoms. The Hall–Kier alpha value is -1.05. The van der Waals surface area contributed by atoms with Crippen LogP contribution in [0.3, 0.4) is 0 Å².